The van der Waals surface area contributed by atoms with Crippen molar-refractivity contribution in [3.63, 3.8) is 0 Å². The average molecular weight is 338 g/mol. The van der Waals surface area contributed by atoms with Crippen LogP contribution in [0.15, 0.2) is 35.3 Å². The van der Waals surface area contributed by atoms with Gasteiger partial charge in [0.15, 0.2) is 0 Å². The van der Waals surface area contributed by atoms with Gasteiger partial charge in [-0.2, -0.15) is 5.10 Å². The molecule has 0 fully saturated rings. The second kappa shape index (κ2) is 5.75. The van der Waals surface area contributed by atoms with Crippen molar-refractivity contribution in [3.8, 4) is 0 Å². The predicted octanol–water partition coefficient (Wildman–Crippen LogP) is 3.15. The molecule has 0 unspecified atom stereocenters. The summed E-state index contributed by atoms with van der Waals surface area (Å²) in [6.45, 7) is 6.23. The summed E-state index contributed by atoms with van der Waals surface area (Å²) in [5.41, 5.74) is 1.12. The maximum absolute atomic E-state index is 11.9. The first-order valence-corrected chi connectivity index (χ1v) is 6.97. The molecule has 0 atom stereocenters. The number of carbonyl (C=O) groups excluding carboxylic acids is 1. The molecule has 0 spiro atoms. The Morgan fingerprint density at radius 1 is 1.35 bits per heavy atom. The van der Waals surface area contributed by atoms with Crippen LogP contribution in [0.2, 0.25) is 0 Å². The van der Waals surface area contributed by atoms with Gasteiger partial charge < -0.3 is 4.74 Å². The minimum absolute atomic E-state index is 0.160. The van der Waals surface area contributed by atoms with Crippen LogP contribution in [0.4, 0.5) is 0 Å². The van der Waals surface area contributed by atoms with Crippen molar-refractivity contribution in [2.45, 2.75) is 32.9 Å². The van der Waals surface area contributed by atoms with Crippen molar-refractivity contribution in [1.82, 2.24) is 14.8 Å². The van der Waals surface area contributed by atoms with E-state index in [4.69, 9.17) is 4.74 Å². The van der Waals surface area contributed by atoms with E-state index in [1.807, 2.05) is 26.8 Å². The first-order chi connectivity index (χ1) is 9.36. The summed E-state index contributed by atoms with van der Waals surface area (Å²) < 4.78 is 7.84. The van der Waals surface area contributed by atoms with Gasteiger partial charge in [-0.1, -0.05) is 0 Å². The maximum atomic E-state index is 11.9. The van der Waals surface area contributed by atoms with Crippen LogP contribution >= 0.6 is 15.9 Å². The van der Waals surface area contributed by atoms with E-state index in [2.05, 4.69) is 26.0 Å². The average Bonchev–Trinajstić information content (AvgIpc) is 2.85. The molecule has 0 N–H and O–H groups in total. The number of ether oxygens (including phenoxy) is 1. The zero-order valence-corrected chi connectivity index (χ0v) is 13.2. The molecule has 0 saturated heterocycles. The SMILES string of the molecule is CC(C)(C)n1cc(C(=O)OCc2cncc(Br)c2)cn1. The van der Waals surface area contributed by atoms with Gasteiger partial charge in [-0.05, 0) is 42.8 Å². The number of rotatable bonds is 3. The molecule has 20 heavy (non-hydrogen) atoms. The molecule has 106 valence electrons. The lowest BCUT2D eigenvalue weighted by Crippen LogP contribution is -2.22. The molecule has 0 saturated carbocycles. The molecule has 6 heteroatoms. The van der Waals surface area contributed by atoms with Crippen molar-refractivity contribution in [1.29, 1.82) is 0 Å². The smallest absolute Gasteiger partial charge is 0.341 e. The van der Waals surface area contributed by atoms with Crippen LogP contribution in [-0.4, -0.2) is 20.7 Å². The molecule has 0 amide bonds. The fourth-order valence-corrected chi connectivity index (χ4v) is 1.97. The van der Waals surface area contributed by atoms with E-state index in [-0.39, 0.29) is 18.1 Å². The lowest BCUT2D eigenvalue weighted by Gasteiger charge is -2.18. The van der Waals surface area contributed by atoms with Crippen molar-refractivity contribution in [3.05, 3.63) is 46.5 Å². The van der Waals surface area contributed by atoms with Gasteiger partial charge >= 0.3 is 5.97 Å². The number of aromatic nitrogens is 3. The molecule has 5 nitrogen and oxygen atoms in total. The Hall–Kier alpha value is -1.69. The van der Waals surface area contributed by atoms with E-state index in [0.717, 1.165) is 10.0 Å². The summed E-state index contributed by atoms with van der Waals surface area (Å²) in [6, 6.07) is 1.86. The van der Waals surface area contributed by atoms with E-state index in [9.17, 15) is 4.79 Å². The lowest BCUT2D eigenvalue weighted by atomic mass is 10.1. The minimum Gasteiger partial charge on any atom is -0.457 e. The van der Waals surface area contributed by atoms with E-state index in [1.54, 1.807) is 23.3 Å². The molecular weight excluding hydrogens is 322 g/mol. The molecule has 2 rings (SSSR count). The standard InChI is InChI=1S/C14H16BrN3O2/c1-14(2,3)18-8-11(6-17-18)13(19)20-9-10-4-12(15)7-16-5-10/h4-8H,9H2,1-3H3. The molecule has 2 aromatic heterocycles. The lowest BCUT2D eigenvalue weighted by molar-refractivity contribution is 0.0472. The van der Waals surface area contributed by atoms with Gasteiger partial charge in [-0.25, -0.2) is 4.79 Å². The number of pyridine rings is 1. The van der Waals surface area contributed by atoms with Gasteiger partial charge in [0.2, 0.25) is 0 Å². The zero-order chi connectivity index (χ0) is 14.8. The van der Waals surface area contributed by atoms with Gasteiger partial charge in [-0.15, -0.1) is 0 Å². The fraction of sp³-hybridized carbons (Fsp3) is 0.357. The Bertz CT molecular complexity index is 617. The Labute approximate surface area is 126 Å². The van der Waals surface area contributed by atoms with Gasteiger partial charge in [-0.3, -0.25) is 9.67 Å². The molecule has 2 heterocycles. The molecule has 0 aliphatic heterocycles. The van der Waals surface area contributed by atoms with E-state index < -0.39 is 0 Å². The summed E-state index contributed by atoms with van der Waals surface area (Å²) in [7, 11) is 0. The third-order valence-electron chi connectivity index (χ3n) is 2.64. The molecule has 0 radical (unpaired) electrons. The van der Waals surface area contributed by atoms with Gasteiger partial charge in [0, 0.05) is 28.6 Å². The van der Waals surface area contributed by atoms with Gasteiger partial charge in [0.1, 0.15) is 6.61 Å². The molecule has 0 aliphatic carbocycles. The summed E-state index contributed by atoms with van der Waals surface area (Å²) in [4.78, 5) is 16.0. The number of hydrogen-bond acceptors (Lipinski definition) is 4. The van der Waals surface area contributed by atoms with Crippen LogP contribution in [0, 0.1) is 0 Å². The van der Waals surface area contributed by atoms with Crippen LogP contribution in [0.5, 0.6) is 0 Å². The first kappa shape index (κ1) is 14.7. The second-order valence-corrected chi connectivity index (χ2v) is 6.35. The Kier molecular flexibility index (Phi) is 4.23. The molecular formula is C14H16BrN3O2. The highest BCUT2D eigenvalue weighted by Gasteiger charge is 2.17. The van der Waals surface area contributed by atoms with Crippen LogP contribution in [-0.2, 0) is 16.9 Å². The van der Waals surface area contributed by atoms with Crippen LogP contribution < -0.4 is 0 Å². The third-order valence-corrected chi connectivity index (χ3v) is 3.07. The number of nitrogens with zero attached hydrogens (tertiary/aromatic N) is 3. The third kappa shape index (κ3) is 3.66. The summed E-state index contributed by atoms with van der Waals surface area (Å²) >= 11 is 3.32. The Morgan fingerprint density at radius 3 is 2.70 bits per heavy atom. The molecule has 0 aliphatic rings. The van der Waals surface area contributed by atoms with E-state index in [0.29, 0.717) is 5.56 Å². The number of carbonyl (C=O) groups is 1. The molecule has 0 aromatic carbocycles. The second-order valence-electron chi connectivity index (χ2n) is 5.43. The minimum atomic E-state index is -0.388. The number of esters is 1. The molecule has 0 bridgehead atoms. The highest BCUT2D eigenvalue weighted by Crippen LogP contribution is 2.15. The maximum Gasteiger partial charge on any atom is 0.341 e. The quantitative estimate of drug-likeness (QED) is 0.807. The number of hydrogen-bond donors (Lipinski definition) is 0. The first-order valence-electron chi connectivity index (χ1n) is 6.18. The summed E-state index contributed by atoms with van der Waals surface area (Å²) in [5.74, 6) is -0.388. The number of halogens is 1. The normalized spacial score (nSPS) is 11.4. The topological polar surface area (TPSA) is 57.0 Å². The van der Waals surface area contributed by atoms with Crippen molar-refractivity contribution in [2.75, 3.05) is 0 Å². The fourth-order valence-electron chi connectivity index (χ4n) is 1.56. The van der Waals surface area contributed by atoms with Gasteiger partial charge in [0.05, 0.1) is 17.3 Å². The summed E-state index contributed by atoms with van der Waals surface area (Å²) in [5, 5.41) is 4.17. The van der Waals surface area contributed by atoms with Crippen LogP contribution in [0.3, 0.4) is 0 Å². The Balaban J connectivity index is 2.00. The predicted molar refractivity (Wildman–Crippen MR) is 78.3 cm³/mol. The Morgan fingerprint density at radius 2 is 2.10 bits per heavy atom. The van der Waals surface area contributed by atoms with Crippen LogP contribution in [0.25, 0.3) is 0 Å². The van der Waals surface area contributed by atoms with Crippen molar-refractivity contribution in [2.24, 2.45) is 0 Å². The monoisotopic (exact) mass is 337 g/mol. The van der Waals surface area contributed by atoms with Crippen molar-refractivity contribution >= 4 is 21.9 Å². The summed E-state index contributed by atoms with van der Waals surface area (Å²) in [6.07, 6.45) is 6.56. The van der Waals surface area contributed by atoms with Crippen LogP contribution in [0.1, 0.15) is 36.7 Å². The highest BCUT2D eigenvalue weighted by molar-refractivity contribution is 9.10. The zero-order valence-electron chi connectivity index (χ0n) is 11.6. The van der Waals surface area contributed by atoms with Gasteiger partial charge in [0.25, 0.3) is 0 Å². The largest absolute Gasteiger partial charge is 0.457 e. The van der Waals surface area contributed by atoms with Crippen molar-refractivity contribution < 1.29 is 9.53 Å². The van der Waals surface area contributed by atoms with E-state index in [1.165, 1.54) is 6.20 Å². The van der Waals surface area contributed by atoms with E-state index >= 15 is 0 Å². The highest BCUT2D eigenvalue weighted by atomic mass is 79.9. The molecule has 2 aromatic rings.